The van der Waals surface area contributed by atoms with Gasteiger partial charge in [0, 0.05) is 22.8 Å². The predicted octanol–water partition coefficient (Wildman–Crippen LogP) is 4.37. The monoisotopic (exact) mass is 390 g/mol. The highest BCUT2D eigenvalue weighted by Gasteiger charge is 2.14. The van der Waals surface area contributed by atoms with Crippen molar-refractivity contribution in [1.29, 1.82) is 0 Å². The molecule has 0 unspecified atom stereocenters. The minimum Gasteiger partial charge on any atom is -0.361 e. The van der Waals surface area contributed by atoms with Crippen LogP contribution in [-0.2, 0) is 11.2 Å². The Morgan fingerprint density at radius 2 is 1.86 bits per heavy atom. The number of para-hydroxylation sites is 2. The minimum absolute atomic E-state index is 0.176. The Morgan fingerprint density at radius 1 is 1.07 bits per heavy atom. The molecule has 2 heterocycles. The quantitative estimate of drug-likeness (QED) is 0.473. The van der Waals surface area contributed by atoms with Crippen LogP contribution in [0.15, 0.2) is 60.9 Å². The molecular weight excluding hydrogens is 372 g/mol. The summed E-state index contributed by atoms with van der Waals surface area (Å²) in [5.74, 6) is -0.422. The van der Waals surface area contributed by atoms with Crippen LogP contribution in [0.5, 0.6) is 0 Å². The number of nitrogens with zero attached hydrogens (tertiary/aromatic N) is 1. The van der Waals surface area contributed by atoms with Gasteiger partial charge in [0.15, 0.2) is 5.13 Å². The topological polar surface area (TPSA) is 86.9 Å². The van der Waals surface area contributed by atoms with E-state index in [9.17, 15) is 9.59 Å². The highest BCUT2D eigenvalue weighted by atomic mass is 32.1. The molecule has 2 aromatic carbocycles. The first-order chi connectivity index (χ1) is 13.6. The molecule has 0 atom stereocenters. The molecular formula is C21H18N4O2S. The molecule has 2 aromatic heterocycles. The van der Waals surface area contributed by atoms with E-state index < -0.39 is 0 Å². The second kappa shape index (κ2) is 7.66. The lowest BCUT2D eigenvalue weighted by molar-refractivity contribution is -0.115. The van der Waals surface area contributed by atoms with Crippen molar-refractivity contribution in [3.8, 4) is 0 Å². The first kappa shape index (κ1) is 17.9. The number of carbonyl (C=O) groups excluding carboxylic acids is 2. The van der Waals surface area contributed by atoms with Crippen LogP contribution in [0.25, 0.3) is 10.9 Å². The van der Waals surface area contributed by atoms with Crippen LogP contribution in [0.4, 0.5) is 10.8 Å². The van der Waals surface area contributed by atoms with Gasteiger partial charge in [-0.1, -0.05) is 47.7 Å². The molecule has 28 heavy (non-hydrogen) atoms. The maximum atomic E-state index is 12.4. The molecule has 3 N–H and O–H groups in total. The zero-order chi connectivity index (χ0) is 19.5. The number of carbonyl (C=O) groups is 2. The third-order valence-corrected chi connectivity index (χ3v) is 5.31. The van der Waals surface area contributed by atoms with Crippen molar-refractivity contribution in [2.45, 2.75) is 13.3 Å². The number of aryl methyl sites for hydroxylation is 1. The standard InChI is InChI=1S/C21H18N4O2S/c1-13-6-2-4-8-16(13)24-20(27)18-12-23-21(28-18)25-19(26)10-14-11-22-17-9-5-3-7-15(14)17/h2-9,11-12,22H,10H2,1H3,(H,24,27)(H,23,25,26). The number of fused-ring (bicyclic) bond motifs is 1. The number of aromatic nitrogens is 2. The van der Waals surface area contributed by atoms with Crippen LogP contribution in [0.1, 0.15) is 20.8 Å². The van der Waals surface area contributed by atoms with E-state index >= 15 is 0 Å². The summed E-state index contributed by atoms with van der Waals surface area (Å²) in [6.07, 6.45) is 3.54. The molecule has 0 spiro atoms. The molecule has 6 nitrogen and oxygen atoms in total. The molecule has 4 rings (SSSR count). The predicted molar refractivity (Wildman–Crippen MR) is 112 cm³/mol. The lowest BCUT2D eigenvalue weighted by Crippen LogP contribution is -2.14. The van der Waals surface area contributed by atoms with Gasteiger partial charge in [0.2, 0.25) is 5.91 Å². The molecule has 0 radical (unpaired) electrons. The first-order valence-corrected chi connectivity index (χ1v) is 9.59. The van der Waals surface area contributed by atoms with Crippen molar-refractivity contribution < 1.29 is 9.59 Å². The number of aromatic amines is 1. The van der Waals surface area contributed by atoms with Gasteiger partial charge in [-0.15, -0.1) is 0 Å². The number of hydrogen-bond acceptors (Lipinski definition) is 4. The minimum atomic E-state index is -0.246. The molecule has 0 bridgehead atoms. The summed E-state index contributed by atoms with van der Waals surface area (Å²) in [4.78, 5) is 32.5. The van der Waals surface area contributed by atoms with Crippen LogP contribution < -0.4 is 10.6 Å². The smallest absolute Gasteiger partial charge is 0.267 e. The maximum Gasteiger partial charge on any atom is 0.267 e. The molecule has 4 aromatic rings. The average molecular weight is 390 g/mol. The fourth-order valence-corrected chi connectivity index (χ4v) is 3.68. The van der Waals surface area contributed by atoms with Gasteiger partial charge in [0.05, 0.1) is 12.6 Å². The van der Waals surface area contributed by atoms with Crippen LogP contribution in [0, 0.1) is 6.92 Å². The van der Waals surface area contributed by atoms with Gasteiger partial charge < -0.3 is 15.6 Å². The molecule has 0 aliphatic heterocycles. The SMILES string of the molecule is Cc1ccccc1NC(=O)c1cnc(NC(=O)Cc2c[nH]c3ccccc23)s1. The summed E-state index contributed by atoms with van der Waals surface area (Å²) in [7, 11) is 0. The fraction of sp³-hybridized carbons (Fsp3) is 0.0952. The van der Waals surface area contributed by atoms with Gasteiger partial charge >= 0.3 is 0 Å². The van der Waals surface area contributed by atoms with Gasteiger partial charge in [-0.2, -0.15) is 0 Å². The summed E-state index contributed by atoms with van der Waals surface area (Å²) in [6, 6.07) is 15.4. The van der Waals surface area contributed by atoms with Gasteiger partial charge in [0.1, 0.15) is 4.88 Å². The Bertz CT molecular complexity index is 1160. The van der Waals surface area contributed by atoms with Crippen LogP contribution in [0.3, 0.4) is 0 Å². The number of hydrogen-bond donors (Lipinski definition) is 3. The third-order valence-electron chi connectivity index (χ3n) is 4.40. The summed E-state index contributed by atoms with van der Waals surface area (Å²) in [6.45, 7) is 1.93. The third kappa shape index (κ3) is 3.79. The van der Waals surface area contributed by atoms with Gasteiger partial charge in [0.25, 0.3) is 5.91 Å². The van der Waals surface area contributed by atoms with Crippen molar-refractivity contribution >= 4 is 44.9 Å². The van der Waals surface area contributed by atoms with E-state index in [1.165, 1.54) is 6.20 Å². The molecule has 0 saturated carbocycles. The van der Waals surface area contributed by atoms with E-state index in [1.807, 2.05) is 61.7 Å². The number of H-pyrrole nitrogens is 1. The van der Waals surface area contributed by atoms with Crippen molar-refractivity contribution in [2.24, 2.45) is 0 Å². The molecule has 0 aliphatic rings. The highest BCUT2D eigenvalue weighted by molar-refractivity contribution is 7.17. The molecule has 0 fully saturated rings. The van der Waals surface area contributed by atoms with Crippen LogP contribution >= 0.6 is 11.3 Å². The summed E-state index contributed by atoms with van der Waals surface area (Å²) in [5, 5.41) is 7.06. The van der Waals surface area contributed by atoms with Gasteiger partial charge in [-0.25, -0.2) is 4.98 Å². The first-order valence-electron chi connectivity index (χ1n) is 8.78. The lowest BCUT2D eigenvalue weighted by atomic mass is 10.1. The van der Waals surface area contributed by atoms with Gasteiger partial charge in [-0.3, -0.25) is 9.59 Å². The largest absolute Gasteiger partial charge is 0.361 e. The number of nitrogens with one attached hydrogen (secondary N) is 3. The molecule has 7 heteroatoms. The zero-order valence-corrected chi connectivity index (χ0v) is 16.0. The van der Waals surface area contributed by atoms with E-state index in [0.29, 0.717) is 10.0 Å². The Balaban J connectivity index is 1.41. The number of thiazole rings is 1. The molecule has 0 aliphatic carbocycles. The normalized spacial score (nSPS) is 10.8. The van der Waals surface area contributed by atoms with E-state index in [4.69, 9.17) is 0 Å². The second-order valence-corrected chi connectivity index (χ2v) is 7.41. The van der Waals surface area contributed by atoms with Gasteiger partial charge in [-0.05, 0) is 30.2 Å². The van der Waals surface area contributed by atoms with E-state index in [1.54, 1.807) is 0 Å². The average Bonchev–Trinajstić information content (AvgIpc) is 3.31. The van der Waals surface area contributed by atoms with Crippen molar-refractivity contribution in [2.75, 3.05) is 10.6 Å². The Morgan fingerprint density at radius 3 is 2.71 bits per heavy atom. The number of amides is 2. The zero-order valence-electron chi connectivity index (χ0n) is 15.2. The van der Waals surface area contributed by atoms with E-state index in [-0.39, 0.29) is 18.2 Å². The maximum absolute atomic E-state index is 12.4. The molecule has 140 valence electrons. The van der Waals surface area contributed by atoms with E-state index in [0.717, 1.165) is 39.1 Å². The van der Waals surface area contributed by atoms with Crippen LogP contribution in [0.2, 0.25) is 0 Å². The summed E-state index contributed by atoms with van der Waals surface area (Å²) < 4.78 is 0. The molecule has 2 amide bonds. The number of anilines is 2. The Kier molecular flexibility index (Phi) is 4.90. The second-order valence-electron chi connectivity index (χ2n) is 6.38. The Hall–Kier alpha value is -3.45. The fourth-order valence-electron chi connectivity index (χ4n) is 2.95. The summed E-state index contributed by atoms with van der Waals surface area (Å²) in [5.41, 5.74) is 3.65. The van der Waals surface area contributed by atoms with Crippen LogP contribution in [-0.4, -0.2) is 21.8 Å². The van der Waals surface area contributed by atoms with Crippen molar-refractivity contribution in [3.05, 3.63) is 76.9 Å². The Labute approximate surface area is 165 Å². The number of benzene rings is 2. The van der Waals surface area contributed by atoms with Crippen molar-refractivity contribution in [3.63, 3.8) is 0 Å². The lowest BCUT2D eigenvalue weighted by Gasteiger charge is -2.06. The molecule has 0 saturated heterocycles. The van der Waals surface area contributed by atoms with E-state index in [2.05, 4.69) is 20.6 Å². The highest BCUT2D eigenvalue weighted by Crippen LogP contribution is 2.22. The van der Waals surface area contributed by atoms with Crippen molar-refractivity contribution in [1.82, 2.24) is 9.97 Å². The number of rotatable bonds is 5. The summed E-state index contributed by atoms with van der Waals surface area (Å²) >= 11 is 1.15.